The van der Waals surface area contributed by atoms with Crippen LogP contribution in [0.3, 0.4) is 0 Å². The van der Waals surface area contributed by atoms with Gasteiger partial charge in [-0.15, -0.1) is 0 Å². The number of hydrogen-bond donors (Lipinski definition) is 1. The molecule has 1 aliphatic rings. The van der Waals surface area contributed by atoms with Gasteiger partial charge in [-0.25, -0.2) is 8.42 Å². The van der Waals surface area contributed by atoms with E-state index >= 15 is 0 Å². The number of nitrogens with one attached hydrogen (secondary N) is 1. The third-order valence-corrected chi connectivity index (χ3v) is 5.55. The molecule has 1 aliphatic heterocycles. The molecule has 0 saturated carbocycles. The third-order valence-electron chi connectivity index (χ3n) is 4.17. The molecule has 148 valence electrons. The minimum Gasteiger partial charge on any atom is -0.476 e. The molecule has 0 aliphatic carbocycles. The van der Waals surface area contributed by atoms with E-state index in [4.69, 9.17) is 16.3 Å². The van der Waals surface area contributed by atoms with E-state index in [2.05, 4.69) is 5.32 Å². The number of rotatable bonds is 4. The first-order valence-electron chi connectivity index (χ1n) is 8.06. The lowest BCUT2D eigenvalue weighted by Gasteiger charge is -2.34. The largest absolute Gasteiger partial charge is 0.476 e. The fourth-order valence-electron chi connectivity index (χ4n) is 2.75. The molecule has 0 radical (unpaired) electrons. The van der Waals surface area contributed by atoms with Gasteiger partial charge in [0.1, 0.15) is 5.75 Å². The van der Waals surface area contributed by atoms with Gasteiger partial charge in [0, 0.05) is 17.2 Å². The fourth-order valence-corrected chi connectivity index (χ4v) is 3.82. The van der Waals surface area contributed by atoms with E-state index < -0.39 is 27.0 Å². The lowest BCUT2D eigenvalue weighted by atomic mass is 10.1. The van der Waals surface area contributed by atoms with Crippen LogP contribution in [0.1, 0.15) is 5.56 Å². The highest BCUT2D eigenvalue weighted by atomic mass is 35.5. The number of ether oxygens (including phenoxy) is 1. The van der Waals surface area contributed by atoms with Crippen LogP contribution in [0.15, 0.2) is 36.4 Å². The molecule has 28 heavy (non-hydrogen) atoms. The second kappa shape index (κ2) is 7.28. The zero-order valence-electron chi connectivity index (χ0n) is 14.9. The first kappa shape index (κ1) is 19.9. The maximum Gasteiger partial charge on any atom is 0.271 e. The van der Waals surface area contributed by atoms with Crippen molar-refractivity contribution >= 4 is 44.6 Å². The molecule has 1 N–H and O–H groups in total. The summed E-state index contributed by atoms with van der Waals surface area (Å²) in [4.78, 5) is 23.1. The van der Waals surface area contributed by atoms with E-state index in [-0.39, 0.29) is 29.4 Å². The molecule has 1 atom stereocenters. The van der Waals surface area contributed by atoms with E-state index in [0.717, 1.165) is 10.6 Å². The van der Waals surface area contributed by atoms with E-state index in [1.54, 1.807) is 6.92 Å². The van der Waals surface area contributed by atoms with Gasteiger partial charge in [0.05, 0.1) is 29.1 Å². The maximum absolute atomic E-state index is 12.7. The van der Waals surface area contributed by atoms with Crippen LogP contribution in [0.4, 0.5) is 17.1 Å². The Morgan fingerprint density at radius 3 is 2.68 bits per heavy atom. The van der Waals surface area contributed by atoms with Crippen LogP contribution in [0.5, 0.6) is 5.75 Å². The van der Waals surface area contributed by atoms with Gasteiger partial charge in [0.25, 0.3) is 11.6 Å². The van der Waals surface area contributed by atoms with Gasteiger partial charge in [-0.3, -0.25) is 19.2 Å². The molecule has 11 heteroatoms. The number of aryl methyl sites for hydroxylation is 1. The summed E-state index contributed by atoms with van der Waals surface area (Å²) < 4.78 is 31.1. The summed E-state index contributed by atoms with van der Waals surface area (Å²) in [6.07, 6.45) is -0.134. The van der Waals surface area contributed by atoms with Crippen molar-refractivity contribution in [3.05, 3.63) is 57.1 Å². The number of amides is 1. The van der Waals surface area contributed by atoms with Gasteiger partial charge in [0.2, 0.25) is 10.0 Å². The summed E-state index contributed by atoms with van der Waals surface area (Å²) in [6, 6.07) is 8.51. The van der Waals surface area contributed by atoms with Crippen molar-refractivity contribution in [2.45, 2.75) is 13.0 Å². The number of carbonyl (C=O) groups is 1. The highest BCUT2D eigenvalue weighted by molar-refractivity contribution is 7.92. The molecule has 0 aromatic heterocycles. The van der Waals surface area contributed by atoms with Crippen LogP contribution in [0, 0.1) is 17.0 Å². The summed E-state index contributed by atoms with van der Waals surface area (Å²) in [7, 11) is -3.70. The van der Waals surface area contributed by atoms with Gasteiger partial charge in [-0.1, -0.05) is 17.7 Å². The monoisotopic (exact) mass is 425 g/mol. The van der Waals surface area contributed by atoms with Crippen LogP contribution >= 0.6 is 11.6 Å². The summed E-state index contributed by atoms with van der Waals surface area (Å²) in [6.45, 7) is 1.42. The molecule has 1 heterocycles. The van der Waals surface area contributed by atoms with Crippen LogP contribution in [-0.4, -0.2) is 38.2 Å². The van der Waals surface area contributed by atoms with Crippen molar-refractivity contribution in [1.82, 2.24) is 0 Å². The SMILES string of the molecule is Cc1ccc([N+](=O)[O-])cc1NC(=O)[C@H]1CN(S(C)(=O)=O)c2cc(Cl)ccc2O1. The number of nitro benzene ring substituents is 1. The van der Waals surface area contributed by atoms with Crippen LogP contribution in [-0.2, 0) is 14.8 Å². The molecule has 1 amide bonds. The highest BCUT2D eigenvalue weighted by Gasteiger charge is 2.35. The molecule has 0 unspecified atom stereocenters. The average molecular weight is 426 g/mol. The van der Waals surface area contributed by atoms with Gasteiger partial charge in [-0.2, -0.15) is 0 Å². The zero-order valence-corrected chi connectivity index (χ0v) is 16.5. The summed E-state index contributed by atoms with van der Waals surface area (Å²) in [5, 5.41) is 13.9. The maximum atomic E-state index is 12.7. The molecule has 2 aromatic carbocycles. The lowest BCUT2D eigenvalue weighted by molar-refractivity contribution is -0.384. The summed E-state index contributed by atoms with van der Waals surface area (Å²) >= 11 is 5.94. The topological polar surface area (TPSA) is 119 Å². The Morgan fingerprint density at radius 1 is 1.32 bits per heavy atom. The number of nitrogens with zero attached hydrogens (tertiary/aromatic N) is 2. The van der Waals surface area contributed by atoms with Gasteiger partial charge >= 0.3 is 0 Å². The first-order chi connectivity index (χ1) is 13.1. The number of nitro groups is 1. The minimum absolute atomic E-state index is 0.178. The van der Waals surface area contributed by atoms with Crippen molar-refractivity contribution in [3.8, 4) is 5.75 Å². The van der Waals surface area contributed by atoms with Crippen molar-refractivity contribution in [2.75, 3.05) is 22.4 Å². The predicted octanol–water partition coefficient (Wildman–Crippen LogP) is 2.72. The number of anilines is 2. The predicted molar refractivity (Wildman–Crippen MR) is 105 cm³/mol. The Labute approximate surface area is 166 Å². The number of halogens is 1. The highest BCUT2D eigenvalue weighted by Crippen LogP contribution is 2.37. The molecule has 2 aromatic rings. The molecule has 0 fully saturated rings. The van der Waals surface area contributed by atoms with Crippen LogP contribution in [0.25, 0.3) is 0 Å². The normalized spacial score (nSPS) is 16.1. The van der Waals surface area contributed by atoms with Crippen molar-refractivity contribution < 1.29 is 22.9 Å². The number of carbonyl (C=O) groups excluding carboxylic acids is 1. The first-order valence-corrected chi connectivity index (χ1v) is 10.3. The van der Waals surface area contributed by atoms with Gasteiger partial charge in [-0.05, 0) is 30.7 Å². The minimum atomic E-state index is -3.70. The quantitative estimate of drug-likeness (QED) is 0.594. The Hall–Kier alpha value is -2.85. The molecule has 0 spiro atoms. The molecule has 3 rings (SSSR count). The Balaban J connectivity index is 1.90. The summed E-state index contributed by atoms with van der Waals surface area (Å²) in [5.41, 5.74) is 0.923. The standard InChI is InChI=1S/C17H16ClN3O6S/c1-10-3-5-12(21(23)24)8-13(10)19-17(22)16-9-20(28(2,25)26)14-7-11(18)4-6-15(14)27-16/h3-8,16H,9H2,1-2H3,(H,19,22)/t16-/m1/s1. The van der Waals surface area contributed by atoms with Crippen molar-refractivity contribution in [2.24, 2.45) is 0 Å². The molecular weight excluding hydrogens is 410 g/mol. The van der Waals surface area contributed by atoms with E-state index in [0.29, 0.717) is 10.6 Å². The second-order valence-electron chi connectivity index (χ2n) is 6.26. The van der Waals surface area contributed by atoms with Crippen molar-refractivity contribution in [3.63, 3.8) is 0 Å². The van der Waals surface area contributed by atoms with E-state index in [1.807, 2.05) is 0 Å². The summed E-state index contributed by atoms with van der Waals surface area (Å²) in [5.74, 6) is -0.435. The van der Waals surface area contributed by atoms with Crippen LogP contribution < -0.4 is 14.4 Å². The second-order valence-corrected chi connectivity index (χ2v) is 8.60. The average Bonchev–Trinajstić information content (AvgIpc) is 2.61. The third kappa shape index (κ3) is 4.02. The Bertz CT molecular complexity index is 1070. The van der Waals surface area contributed by atoms with Gasteiger partial charge in [0.15, 0.2) is 6.10 Å². The van der Waals surface area contributed by atoms with Crippen molar-refractivity contribution in [1.29, 1.82) is 0 Å². The fraction of sp³-hybridized carbons (Fsp3) is 0.235. The van der Waals surface area contributed by atoms with Gasteiger partial charge < -0.3 is 10.1 Å². The number of hydrogen-bond acceptors (Lipinski definition) is 6. The van der Waals surface area contributed by atoms with E-state index in [1.165, 1.54) is 36.4 Å². The van der Waals surface area contributed by atoms with Crippen LogP contribution in [0.2, 0.25) is 5.02 Å². The number of benzene rings is 2. The Kier molecular flexibility index (Phi) is 5.18. The molecule has 0 bridgehead atoms. The Morgan fingerprint density at radius 2 is 2.04 bits per heavy atom. The van der Waals surface area contributed by atoms with E-state index in [9.17, 15) is 23.3 Å². The number of fused-ring (bicyclic) bond motifs is 1. The molecular formula is C17H16ClN3O6S. The zero-order chi connectivity index (χ0) is 20.6. The molecule has 0 saturated heterocycles. The smallest absolute Gasteiger partial charge is 0.271 e. The molecule has 9 nitrogen and oxygen atoms in total. The number of sulfonamides is 1. The lowest BCUT2D eigenvalue weighted by Crippen LogP contribution is -2.48. The number of non-ortho nitro benzene ring substituents is 1.